The van der Waals surface area contributed by atoms with Gasteiger partial charge in [0.25, 0.3) is 0 Å². The van der Waals surface area contributed by atoms with Crippen molar-refractivity contribution in [1.29, 1.82) is 0 Å². The zero-order chi connectivity index (χ0) is 17.7. The van der Waals surface area contributed by atoms with Crippen molar-refractivity contribution in [2.75, 3.05) is 6.61 Å². The van der Waals surface area contributed by atoms with Gasteiger partial charge in [0.15, 0.2) is 0 Å². The van der Waals surface area contributed by atoms with Gasteiger partial charge in [0.1, 0.15) is 6.10 Å². The second-order valence-corrected chi connectivity index (χ2v) is 7.77. The predicted molar refractivity (Wildman–Crippen MR) is 89.5 cm³/mol. The molecular formula is C16H29O5P. The topological polar surface area (TPSA) is 101 Å². The van der Waals surface area contributed by atoms with Crippen molar-refractivity contribution >= 4 is 8.60 Å². The van der Waals surface area contributed by atoms with Crippen LogP contribution in [-0.4, -0.2) is 31.5 Å². The van der Waals surface area contributed by atoms with Gasteiger partial charge in [-0.1, -0.05) is 59.7 Å². The van der Waals surface area contributed by atoms with Crippen molar-refractivity contribution in [3.63, 3.8) is 0 Å². The Morgan fingerprint density at radius 1 is 0.909 bits per heavy atom. The number of aliphatic hydroxyl groups is 2. The van der Waals surface area contributed by atoms with E-state index in [1.54, 1.807) is 0 Å². The molecule has 1 atom stereocenters. The minimum Gasteiger partial charge on any atom is -0.393 e. The molecule has 6 heteroatoms. The molecule has 0 aliphatic rings. The van der Waals surface area contributed by atoms with Crippen LogP contribution in [0.3, 0.4) is 0 Å². The first-order valence-electron chi connectivity index (χ1n) is 7.12. The van der Waals surface area contributed by atoms with Gasteiger partial charge in [0, 0.05) is 0 Å². The third kappa shape index (κ3) is 6.69. The van der Waals surface area contributed by atoms with E-state index >= 15 is 0 Å². The molecule has 0 saturated heterocycles. The summed E-state index contributed by atoms with van der Waals surface area (Å²) < 4.78 is 0. The predicted octanol–water partition coefficient (Wildman–Crippen LogP) is 2.50. The van der Waals surface area contributed by atoms with Crippen LogP contribution in [0.25, 0.3) is 0 Å². The summed E-state index contributed by atoms with van der Waals surface area (Å²) in [5, 5.41) is 19.5. The van der Waals surface area contributed by atoms with Gasteiger partial charge < -0.3 is 24.9 Å². The van der Waals surface area contributed by atoms with Crippen molar-refractivity contribution in [3.8, 4) is 0 Å². The third-order valence-corrected chi connectivity index (χ3v) is 3.23. The van der Waals surface area contributed by atoms with Gasteiger partial charge in [0.05, 0.1) is 6.61 Å². The van der Waals surface area contributed by atoms with Crippen molar-refractivity contribution in [2.24, 2.45) is 0 Å². The summed E-state index contributed by atoms with van der Waals surface area (Å²) in [4.78, 5) is 21.7. The molecule has 1 aromatic rings. The SMILES string of the molecule is CC(C)(C)c1cccc(C(C)(C)C)c1C(O)CO.OP(O)O. The highest BCUT2D eigenvalue weighted by Gasteiger charge is 2.28. The molecule has 0 heterocycles. The van der Waals surface area contributed by atoms with Crippen LogP contribution in [0, 0.1) is 0 Å². The lowest BCUT2D eigenvalue weighted by molar-refractivity contribution is 0.0926. The van der Waals surface area contributed by atoms with Crippen molar-refractivity contribution in [3.05, 3.63) is 34.9 Å². The molecule has 128 valence electrons. The lowest BCUT2D eigenvalue weighted by atomic mass is 9.75. The monoisotopic (exact) mass is 332 g/mol. The summed E-state index contributed by atoms with van der Waals surface area (Å²) in [5.74, 6) is 0. The molecule has 0 bridgehead atoms. The molecule has 5 N–H and O–H groups in total. The first kappa shape index (κ1) is 21.4. The van der Waals surface area contributed by atoms with E-state index in [4.69, 9.17) is 14.7 Å². The van der Waals surface area contributed by atoms with Gasteiger partial charge in [0.2, 0.25) is 0 Å². The van der Waals surface area contributed by atoms with Crippen LogP contribution in [0.4, 0.5) is 0 Å². The average molecular weight is 332 g/mol. The lowest BCUT2D eigenvalue weighted by Gasteiger charge is -2.31. The molecule has 0 aliphatic carbocycles. The summed E-state index contributed by atoms with van der Waals surface area (Å²) in [6, 6.07) is 6.13. The fourth-order valence-electron chi connectivity index (χ4n) is 2.32. The van der Waals surface area contributed by atoms with Gasteiger partial charge in [-0.2, -0.15) is 0 Å². The largest absolute Gasteiger partial charge is 0.393 e. The van der Waals surface area contributed by atoms with Crippen LogP contribution in [0.15, 0.2) is 18.2 Å². The van der Waals surface area contributed by atoms with Crippen LogP contribution in [0.2, 0.25) is 0 Å². The summed E-state index contributed by atoms with van der Waals surface area (Å²) in [7, 11) is -2.62. The van der Waals surface area contributed by atoms with E-state index in [-0.39, 0.29) is 17.4 Å². The van der Waals surface area contributed by atoms with E-state index in [0.717, 1.165) is 16.7 Å². The molecule has 1 rings (SSSR count). The second-order valence-electron chi connectivity index (χ2n) is 7.23. The zero-order valence-corrected chi connectivity index (χ0v) is 15.1. The molecule has 1 unspecified atom stereocenters. The van der Waals surface area contributed by atoms with Crippen LogP contribution in [0.1, 0.15) is 64.3 Å². The molecular weight excluding hydrogens is 303 g/mol. The van der Waals surface area contributed by atoms with E-state index in [9.17, 15) is 10.2 Å². The number of aliphatic hydroxyl groups excluding tert-OH is 2. The normalized spacial score (nSPS) is 13.6. The Balaban J connectivity index is 0.000000980. The zero-order valence-electron chi connectivity index (χ0n) is 14.2. The first-order valence-corrected chi connectivity index (χ1v) is 8.32. The summed E-state index contributed by atoms with van der Waals surface area (Å²) in [6.07, 6.45) is -0.811. The molecule has 0 radical (unpaired) electrons. The first-order chi connectivity index (χ1) is 9.82. The van der Waals surface area contributed by atoms with Crippen molar-refractivity contribution in [2.45, 2.75) is 58.5 Å². The molecule has 1 aromatic carbocycles. The standard InChI is InChI=1S/C16H26O2.H3O3P/c1-15(2,3)11-8-7-9-12(16(4,5)6)14(11)13(18)10-17;1-4(2)3/h7-9,13,17-18H,10H2,1-6H3;1-3H. The number of hydrogen-bond acceptors (Lipinski definition) is 5. The maximum Gasteiger partial charge on any atom is 0.324 e. The number of benzene rings is 1. The molecule has 0 aromatic heterocycles. The number of rotatable bonds is 2. The fraction of sp³-hybridized carbons (Fsp3) is 0.625. The highest BCUT2D eigenvalue weighted by atomic mass is 31.2. The second kappa shape index (κ2) is 8.34. The molecule has 22 heavy (non-hydrogen) atoms. The minimum absolute atomic E-state index is 0.0489. The maximum atomic E-state index is 10.2. The van der Waals surface area contributed by atoms with Crippen LogP contribution < -0.4 is 0 Å². The van der Waals surface area contributed by atoms with Gasteiger partial charge in [-0.05, 0) is 27.5 Å². The Kier molecular flexibility index (Phi) is 8.14. The van der Waals surface area contributed by atoms with E-state index in [2.05, 4.69) is 41.5 Å². The van der Waals surface area contributed by atoms with E-state index in [1.807, 2.05) is 18.2 Å². The van der Waals surface area contributed by atoms with Gasteiger partial charge in [-0.3, -0.25) is 0 Å². The quantitative estimate of drug-likeness (QED) is 0.536. The van der Waals surface area contributed by atoms with E-state index in [0.29, 0.717) is 0 Å². The van der Waals surface area contributed by atoms with E-state index < -0.39 is 14.7 Å². The van der Waals surface area contributed by atoms with Crippen molar-refractivity contribution < 1.29 is 24.9 Å². The summed E-state index contributed by atoms with van der Waals surface area (Å²) >= 11 is 0. The smallest absolute Gasteiger partial charge is 0.324 e. The molecule has 0 fully saturated rings. The molecule has 0 saturated carbocycles. The van der Waals surface area contributed by atoms with Crippen LogP contribution in [-0.2, 0) is 10.8 Å². The van der Waals surface area contributed by atoms with Gasteiger partial charge in [-0.25, -0.2) is 0 Å². The van der Waals surface area contributed by atoms with Crippen LogP contribution >= 0.6 is 8.60 Å². The van der Waals surface area contributed by atoms with Gasteiger partial charge in [-0.15, -0.1) is 0 Å². The molecule has 0 spiro atoms. The summed E-state index contributed by atoms with van der Waals surface area (Å²) in [5.41, 5.74) is 3.01. The van der Waals surface area contributed by atoms with Gasteiger partial charge >= 0.3 is 8.60 Å². The average Bonchev–Trinajstić information content (AvgIpc) is 2.34. The maximum absolute atomic E-state index is 10.2. The summed E-state index contributed by atoms with van der Waals surface area (Å²) in [6.45, 7) is 12.5. The van der Waals surface area contributed by atoms with Crippen molar-refractivity contribution in [1.82, 2.24) is 0 Å². The van der Waals surface area contributed by atoms with Crippen LogP contribution in [0.5, 0.6) is 0 Å². The Morgan fingerprint density at radius 2 is 1.23 bits per heavy atom. The third-order valence-electron chi connectivity index (χ3n) is 3.23. The minimum atomic E-state index is -2.62. The fourth-order valence-corrected chi connectivity index (χ4v) is 2.32. The number of hydrogen-bond donors (Lipinski definition) is 5. The highest BCUT2D eigenvalue weighted by molar-refractivity contribution is 7.38. The Hall–Kier alpha value is -0.550. The van der Waals surface area contributed by atoms with E-state index in [1.165, 1.54) is 0 Å². The molecule has 0 aliphatic heterocycles. The molecule has 0 amide bonds. The highest BCUT2D eigenvalue weighted by Crippen LogP contribution is 2.37. The molecule has 5 nitrogen and oxygen atoms in total. The Bertz CT molecular complexity index is 426. The lowest BCUT2D eigenvalue weighted by Crippen LogP contribution is -2.23. The Labute approximate surface area is 134 Å². The Morgan fingerprint density at radius 3 is 1.45 bits per heavy atom.